The maximum Gasteiger partial charge on any atom is 0.223 e. The molecule has 0 aliphatic carbocycles. The monoisotopic (exact) mass is 146 g/mol. The molecule has 0 radical (unpaired) electrons. The molecular weight excluding hydrogens is 130 g/mol. The zero-order valence-corrected chi connectivity index (χ0v) is 6.62. The summed E-state index contributed by atoms with van der Waals surface area (Å²) in [7, 11) is 0. The molecule has 0 bridgehead atoms. The normalized spacial score (nSPS) is 37.2. The number of likely N-dealkylation sites (N-methyl/N-ethyl adjacent to an activating group) is 1. The highest BCUT2D eigenvalue weighted by atomic mass is 16.4. The van der Waals surface area contributed by atoms with Gasteiger partial charge in [-0.15, -0.1) is 0 Å². The Morgan fingerprint density at radius 3 is 1.90 bits per heavy atom. The van der Waals surface area contributed by atoms with Crippen LogP contribution in [0.3, 0.4) is 0 Å². The van der Waals surface area contributed by atoms with E-state index in [-0.39, 0.29) is 0 Å². The van der Waals surface area contributed by atoms with Crippen molar-refractivity contribution >= 4 is 0 Å². The molecule has 2 N–H and O–H groups in total. The standard InChI is InChI=1S/C7H16NO2/c1-3-8(4-2)5-6(9)7(8)10/h6-7,9-10H,3-5H2,1-2H3/q+1. The van der Waals surface area contributed by atoms with Gasteiger partial charge in [0.2, 0.25) is 6.23 Å². The Kier molecular flexibility index (Phi) is 1.99. The van der Waals surface area contributed by atoms with Gasteiger partial charge in [-0.2, -0.15) is 0 Å². The number of aliphatic hydroxyl groups excluding tert-OH is 2. The molecule has 60 valence electrons. The summed E-state index contributed by atoms with van der Waals surface area (Å²) in [5, 5.41) is 18.4. The quantitative estimate of drug-likeness (QED) is 0.517. The first kappa shape index (κ1) is 7.98. The van der Waals surface area contributed by atoms with Crippen LogP contribution in [0.5, 0.6) is 0 Å². The summed E-state index contributed by atoms with van der Waals surface area (Å²) >= 11 is 0. The van der Waals surface area contributed by atoms with Crippen LogP contribution in [0.2, 0.25) is 0 Å². The van der Waals surface area contributed by atoms with Gasteiger partial charge in [0.05, 0.1) is 13.1 Å². The maximum atomic E-state index is 9.35. The fraction of sp³-hybridized carbons (Fsp3) is 1.00. The second kappa shape index (κ2) is 2.49. The smallest absolute Gasteiger partial charge is 0.223 e. The summed E-state index contributed by atoms with van der Waals surface area (Å²) in [5.74, 6) is 0. The van der Waals surface area contributed by atoms with Crippen LogP contribution in [0.25, 0.3) is 0 Å². The fourth-order valence-corrected chi connectivity index (χ4v) is 1.66. The van der Waals surface area contributed by atoms with Gasteiger partial charge in [-0.25, -0.2) is 0 Å². The van der Waals surface area contributed by atoms with Crippen LogP contribution < -0.4 is 0 Å². The van der Waals surface area contributed by atoms with E-state index in [1.54, 1.807) is 0 Å². The average molecular weight is 146 g/mol. The third-order valence-corrected chi connectivity index (χ3v) is 2.72. The van der Waals surface area contributed by atoms with Gasteiger partial charge < -0.3 is 10.2 Å². The lowest BCUT2D eigenvalue weighted by Crippen LogP contribution is -2.73. The van der Waals surface area contributed by atoms with Gasteiger partial charge in [-0.3, -0.25) is 4.48 Å². The van der Waals surface area contributed by atoms with Crippen LogP contribution in [-0.2, 0) is 0 Å². The van der Waals surface area contributed by atoms with Crippen molar-refractivity contribution in [2.45, 2.75) is 26.2 Å². The van der Waals surface area contributed by atoms with Gasteiger partial charge in [0.25, 0.3) is 0 Å². The second-order valence-corrected chi connectivity index (χ2v) is 3.01. The first-order valence-electron chi connectivity index (χ1n) is 3.88. The minimum Gasteiger partial charge on any atom is -0.379 e. The molecule has 2 atom stereocenters. The van der Waals surface area contributed by atoms with Crippen molar-refractivity contribution in [3.8, 4) is 0 Å². The van der Waals surface area contributed by atoms with Crippen molar-refractivity contribution in [2.75, 3.05) is 19.6 Å². The van der Waals surface area contributed by atoms with E-state index in [9.17, 15) is 5.11 Å². The number of nitrogens with zero attached hydrogens (tertiary/aromatic N) is 1. The third kappa shape index (κ3) is 0.856. The van der Waals surface area contributed by atoms with Gasteiger partial charge >= 0.3 is 0 Å². The van der Waals surface area contributed by atoms with Gasteiger partial charge in [-0.1, -0.05) is 0 Å². The Labute approximate surface area is 61.5 Å². The lowest BCUT2D eigenvalue weighted by Gasteiger charge is -2.51. The molecule has 0 aromatic heterocycles. The number of aliphatic hydroxyl groups is 2. The molecule has 1 heterocycles. The molecule has 3 heteroatoms. The minimum atomic E-state index is -0.532. The predicted octanol–water partition coefficient (Wildman–Crippen LogP) is -0.464. The largest absolute Gasteiger partial charge is 0.379 e. The van der Waals surface area contributed by atoms with E-state index in [0.717, 1.165) is 13.1 Å². The molecule has 10 heavy (non-hydrogen) atoms. The highest BCUT2D eigenvalue weighted by molar-refractivity contribution is 4.70. The van der Waals surface area contributed by atoms with Gasteiger partial charge in [-0.05, 0) is 13.8 Å². The summed E-state index contributed by atoms with van der Waals surface area (Å²) in [6.07, 6.45) is -1.02. The molecule has 0 amide bonds. The molecule has 0 spiro atoms. The number of likely N-dealkylation sites (tertiary alicyclic amines) is 1. The summed E-state index contributed by atoms with van der Waals surface area (Å²) in [4.78, 5) is 0. The predicted molar refractivity (Wildman–Crippen MR) is 38.2 cm³/mol. The molecule has 1 saturated heterocycles. The second-order valence-electron chi connectivity index (χ2n) is 3.01. The van der Waals surface area contributed by atoms with Gasteiger partial charge in [0.1, 0.15) is 6.54 Å². The summed E-state index contributed by atoms with van der Waals surface area (Å²) in [6.45, 7) is 6.62. The SMILES string of the molecule is CC[N+]1(CC)CC(O)C1O. The molecule has 1 fully saturated rings. The first-order chi connectivity index (χ1) is 4.66. The van der Waals surface area contributed by atoms with Crippen LogP contribution in [0.15, 0.2) is 0 Å². The van der Waals surface area contributed by atoms with Crippen molar-refractivity contribution in [1.29, 1.82) is 0 Å². The number of hydrogen-bond donors (Lipinski definition) is 2. The van der Waals surface area contributed by atoms with E-state index in [4.69, 9.17) is 5.11 Å². The Morgan fingerprint density at radius 1 is 1.30 bits per heavy atom. The molecular formula is C7H16NO2+. The zero-order chi connectivity index (χ0) is 7.78. The van der Waals surface area contributed by atoms with E-state index in [0.29, 0.717) is 11.0 Å². The van der Waals surface area contributed by atoms with Crippen molar-refractivity contribution in [2.24, 2.45) is 0 Å². The molecule has 0 saturated carbocycles. The van der Waals surface area contributed by atoms with Crippen LogP contribution in [0.4, 0.5) is 0 Å². The Hall–Kier alpha value is -0.120. The third-order valence-electron chi connectivity index (χ3n) is 2.72. The van der Waals surface area contributed by atoms with Gasteiger partial charge in [0, 0.05) is 0 Å². The zero-order valence-electron chi connectivity index (χ0n) is 6.62. The number of rotatable bonds is 2. The van der Waals surface area contributed by atoms with E-state index in [2.05, 4.69) is 0 Å². The Morgan fingerprint density at radius 2 is 1.80 bits per heavy atom. The van der Waals surface area contributed by atoms with E-state index >= 15 is 0 Å². The van der Waals surface area contributed by atoms with E-state index in [1.165, 1.54) is 0 Å². The average Bonchev–Trinajstić information content (AvgIpc) is 1.99. The van der Waals surface area contributed by atoms with Crippen molar-refractivity contribution in [1.82, 2.24) is 0 Å². The molecule has 0 aromatic rings. The van der Waals surface area contributed by atoms with Crippen molar-refractivity contribution in [3.63, 3.8) is 0 Å². The molecule has 1 aliphatic heterocycles. The summed E-state index contributed by atoms with van der Waals surface area (Å²) < 4.78 is 0.668. The van der Waals surface area contributed by atoms with E-state index in [1.807, 2.05) is 13.8 Å². The van der Waals surface area contributed by atoms with Crippen LogP contribution in [0, 0.1) is 0 Å². The fourth-order valence-electron chi connectivity index (χ4n) is 1.66. The highest BCUT2D eigenvalue weighted by Crippen LogP contribution is 2.25. The molecule has 1 aliphatic rings. The molecule has 2 unspecified atom stereocenters. The molecule has 1 rings (SSSR count). The van der Waals surface area contributed by atoms with Crippen LogP contribution >= 0.6 is 0 Å². The van der Waals surface area contributed by atoms with Crippen molar-refractivity contribution in [3.05, 3.63) is 0 Å². The van der Waals surface area contributed by atoms with Crippen LogP contribution in [0.1, 0.15) is 13.8 Å². The molecule has 0 aromatic carbocycles. The Bertz CT molecular complexity index is 123. The lowest BCUT2D eigenvalue weighted by molar-refractivity contribution is -1.02. The topological polar surface area (TPSA) is 40.5 Å². The van der Waals surface area contributed by atoms with E-state index < -0.39 is 12.3 Å². The number of hydrogen-bond acceptors (Lipinski definition) is 2. The van der Waals surface area contributed by atoms with Gasteiger partial charge in [0.15, 0.2) is 6.10 Å². The maximum absolute atomic E-state index is 9.35. The van der Waals surface area contributed by atoms with Crippen molar-refractivity contribution < 1.29 is 14.7 Å². The first-order valence-corrected chi connectivity index (χ1v) is 3.88. The lowest BCUT2D eigenvalue weighted by atomic mass is 10.0. The Balaban J connectivity index is 2.54. The van der Waals surface area contributed by atoms with Crippen LogP contribution in [-0.4, -0.2) is 46.7 Å². The molecule has 3 nitrogen and oxygen atoms in total. The number of quaternary nitrogens is 1. The summed E-state index contributed by atoms with van der Waals surface area (Å²) in [6, 6.07) is 0. The minimum absolute atomic E-state index is 0.486. The summed E-state index contributed by atoms with van der Waals surface area (Å²) in [5.41, 5.74) is 0. The highest BCUT2D eigenvalue weighted by Gasteiger charge is 2.50.